The summed E-state index contributed by atoms with van der Waals surface area (Å²) in [6, 6.07) is 6.99. The van der Waals surface area contributed by atoms with E-state index >= 15 is 0 Å². The van der Waals surface area contributed by atoms with Gasteiger partial charge in [-0.05, 0) is 57.4 Å². The third kappa shape index (κ3) is 8.74. The summed E-state index contributed by atoms with van der Waals surface area (Å²) in [5.74, 6) is -1.40. The van der Waals surface area contributed by atoms with Gasteiger partial charge in [0.05, 0.1) is 7.11 Å². The number of methoxy groups -OCH3 is 1. The maximum absolute atomic E-state index is 14.1. The Balaban J connectivity index is 2.43. The molecule has 1 aliphatic heterocycles. The molecule has 0 aromatic heterocycles. The van der Waals surface area contributed by atoms with Crippen molar-refractivity contribution in [3.05, 3.63) is 35.9 Å². The zero-order valence-corrected chi connectivity index (χ0v) is 24.2. The number of nitrogens with one attached hydrogen (secondary N) is 1. The van der Waals surface area contributed by atoms with Crippen molar-refractivity contribution >= 4 is 23.9 Å². The van der Waals surface area contributed by atoms with E-state index in [1.165, 1.54) is 12.0 Å². The maximum atomic E-state index is 14.1. The minimum Gasteiger partial charge on any atom is -0.467 e. The van der Waals surface area contributed by atoms with Gasteiger partial charge in [0.1, 0.15) is 23.7 Å². The molecule has 3 atom stereocenters. The minimum absolute atomic E-state index is 0.139. The first-order valence-electron chi connectivity index (χ1n) is 13.5. The van der Waals surface area contributed by atoms with Crippen molar-refractivity contribution in [2.24, 2.45) is 11.8 Å². The highest BCUT2D eigenvalue weighted by Gasteiger charge is 2.43. The lowest BCUT2D eigenvalue weighted by molar-refractivity contribution is -0.149. The number of hydrogen-bond donors (Lipinski definition) is 1. The molecule has 9 nitrogen and oxygen atoms in total. The number of carbonyl (C=O) groups excluding carboxylic acids is 4. The second kappa shape index (κ2) is 13.6. The van der Waals surface area contributed by atoms with Gasteiger partial charge < -0.3 is 19.7 Å². The van der Waals surface area contributed by atoms with Crippen LogP contribution in [-0.4, -0.2) is 71.1 Å². The van der Waals surface area contributed by atoms with E-state index in [0.29, 0.717) is 25.8 Å². The van der Waals surface area contributed by atoms with Gasteiger partial charge in [0, 0.05) is 13.1 Å². The quantitative estimate of drug-likeness (QED) is 0.455. The first-order valence-corrected chi connectivity index (χ1v) is 13.5. The van der Waals surface area contributed by atoms with E-state index in [4.69, 9.17) is 9.47 Å². The third-order valence-electron chi connectivity index (χ3n) is 6.39. The average Bonchev–Trinajstić information content (AvgIpc) is 3.31. The molecule has 1 heterocycles. The molecule has 0 spiro atoms. The normalized spacial score (nSPS) is 17.2. The van der Waals surface area contributed by atoms with E-state index < -0.39 is 41.7 Å². The Kier molecular flexibility index (Phi) is 11.2. The van der Waals surface area contributed by atoms with Crippen LogP contribution in [0.4, 0.5) is 4.79 Å². The molecule has 1 aliphatic rings. The molecule has 0 radical (unpaired) electrons. The van der Waals surface area contributed by atoms with Crippen molar-refractivity contribution in [1.29, 1.82) is 0 Å². The van der Waals surface area contributed by atoms with Crippen LogP contribution in [0, 0.1) is 11.8 Å². The van der Waals surface area contributed by atoms with Crippen molar-refractivity contribution in [2.75, 3.05) is 13.7 Å². The fourth-order valence-corrected chi connectivity index (χ4v) is 4.74. The number of ether oxygens (including phenoxy) is 2. The molecule has 0 saturated carbocycles. The SMILES string of the molecule is COC(=O)[C@H](CC(C)C)NC(=O)C(C(C)C)N(Cc1ccccc1)C(=O)[C@@H]1CCCN1C(=O)OC(C)(C)C. The molecule has 3 amide bonds. The van der Waals surface area contributed by atoms with Gasteiger partial charge in [-0.25, -0.2) is 9.59 Å². The van der Waals surface area contributed by atoms with Gasteiger partial charge in [0.15, 0.2) is 0 Å². The van der Waals surface area contributed by atoms with Crippen LogP contribution in [0.3, 0.4) is 0 Å². The van der Waals surface area contributed by atoms with Gasteiger partial charge in [0.25, 0.3) is 0 Å². The third-order valence-corrected chi connectivity index (χ3v) is 6.39. The number of hydrogen-bond acceptors (Lipinski definition) is 6. The second-order valence-corrected chi connectivity index (χ2v) is 11.7. The molecule has 1 unspecified atom stereocenters. The summed E-state index contributed by atoms with van der Waals surface area (Å²) in [7, 11) is 1.29. The van der Waals surface area contributed by atoms with Crippen molar-refractivity contribution in [3.63, 3.8) is 0 Å². The largest absolute Gasteiger partial charge is 0.467 e. The molecule has 0 bridgehead atoms. The lowest BCUT2D eigenvalue weighted by Gasteiger charge is -2.38. The standard InChI is InChI=1S/C29H45N3O6/c1-19(2)17-22(27(35)37-8)30-25(33)24(20(3)4)32(18-21-13-10-9-11-14-21)26(34)23-15-12-16-31(23)28(36)38-29(5,6)7/h9-11,13-14,19-20,22-24H,12,15-18H2,1-8H3,(H,30,33)/t22-,23-,24?/m0/s1. The van der Waals surface area contributed by atoms with Crippen molar-refractivity contribution < 1.29 is 28.7 Å². The zero-order valence-electron chi connectivity index (χ0n) is 24.2. The molecule has 2 rings (SSSR count). The number of benzene rings is 1. The van der Waals surface area contributed by atoms with Crippen molar-refractivity contribution in [2.45, 2.75) is 98.0 Å². The number of amides is 3. The Morgan fingerprint density at radius 2 is 1.71 bits per heavy atom. The predicted octanol–water partition coefficient (Wildman–Crippen LogP) is 4.14. The summed E-state index contributed by atoms with van der Waals surface area (Å²) >= 11 is 0. The zero-order chi connectivity index (χ0) is 28.6. The first-order chi connectivity index (χ1) is 17.7. The number of nitrogens with zero attached hydrogens (tertiary/aromatic N) is 2. The number of rotatable bonds is 10. The van der Waals surface area contributed by atoms with Gasteiger partial charge in [-0.1, -0.05) is 58.0 Å². The molecular weight excluding hydrogens is 486 g/mol. The van der Waals surface area contributed by atoms with Crippen LogP contribution >= 0.6 is 0 Å². The Bertz CT molecular complexity index is 957. The summed E-state index contributed by atoms with van der Waals surface area (Å²) in [5.41, 5.74) is 0.157. The molecule has 0 aliphatic carbocycles. The predicted molar refractivity (Wildman–Crippen MR) is 145 cm³/mol. The van der Waals surface area contributed by atoms with E-state index in [1.54, 1.807) is 25.7 Å². The molecule has 1 aromatic carbocycles. The summed E-state index contributed by atoms with van der Waals surface area (Å²) in [4.78, 5) is 56.3. The Morgan fingerprint density at radius 3 is 2.24 bits per heavy atom. The molecule has 1 fully saturated rings. The van der Waals surface area contributed by atoms with Crippen LogP contribution in [0.1, 0.15) is 73.3 Å². The fraction of sp³-hybridized carbons (Fsp3) is 0.655. The highest BCUT2D eigenvalue weighted by molar-refractivity contribution is 5.93. The maximum Gasteiger partial charge on any atom is 0.410 e. The molecule has 1 saturated heterocycles. The topological polar surface area (TPSA) is 105 Å². The minimum atomic E-state index is -0.872. The van der Waals surface area contributed by atoms with Crippen LogP contribution in [-0.2, 0) is 30.4 Å². The number of likely N-dealkylation sites (tertiary alicyclic amines) is 1. The molecule has 1 N–H and O–H groups in total. The van der Waals surface area contributed by atoms with E-state index in [9.17, 15) is 19.2 Å². The Labute approximate surface area is 227 Å². The summed E-state index contributed by atoms with van der Waals surface area (Å²) in [5, 5.41) is 2.84. The van der Waals surface area contributed by atoms with Crippen LogP contribution in [0.5, 0.6) is 0 Å². The van der Waals surface area contributed by atoms with Gasteiger partial charge in [0.2, 0.25) is 11.8 Å². The van der Waals surface area contributed by atoms with Crippen LogP contribution < -0.4 is 5.32 Å². The van der Waals surface area contributed by atoms with Crippen LogP contribution in [0.25, 0.3) is 0 Å². The number of esters is 1. The summed E-state index contributed by atoms with van der Waals surface area (Å²) < 4.78 is 10.5. The van der Waals surface area contributed by atoms with Gasteiger partial charge >= 0.3 is 12.1 Å². The van der Waals surface area contributed by atoms with Crippen molar-refractivity contribution in [3.8, 4) is 0 Å². The lowest BCUT2D eigenvalue weighted by Crippen LogP contribution is -2.58. The van der Waals surface area contributed by atoms with Crippen LogP contribution in [0.15, 0.2) is 30.3 Å². The van der Waals surface area contributed by atoms with Gasteiger partial charge in [-0.3, -0.25) is 14.5 Å². The smallest absolute Gasteiger partial charge is 0.410 e. The lowest BCUT2D eigenvalue weighted by atomic mass is 9.97. The molecule has 9 heteroatoms. The molecule has 212 valence electrons. The highest BCUT2D eigenvalue weighted by Crippen LogP contribution is 2.26. The Hall–Kier alpha value is -3.10. The summed E-state index contributed by atoms with van der Waals surface area (Å²) in [6.45, 7) is 13.6. The number of carbonyl (C=O) groups is 4. The van der Waals surface area contributed by atoms with E-state index in [2.05, 4.69) is 5.32 Å². The summed E-state index contributed by atoms with van der Waals surface area (Å²) in [6.07, 6.45) is 1.01. The molecular formula is C29H45N3O6. The first kappa shape index (κ1) is 31.1. The molecule has 38 heavy (non-hydrogen) atoms. The van der Waals surface area contributed by atoms with E-state index in [-0.39, 0.29) is 24.3 Å². The Morgan fingerprint density at radius 1 is 1.08 bits per heavy atom. The van der Waals surface area contributed by atoms with Gasteiger partial charge in [-0.2, -0.15) is 0 Å². The highest BCUT2D eigenvalue weighted by atomic mass is 16.6. The van der Waals surface area contributed by atoms with E-state index in [0.717, 1.165) is 5.56 Å². The molecule has 1 aromatic rings. The fourth-order valence-electron chi connectivity index (χ4n) is 4.74. The van der Waals surface area contributed by atoms with Gasteiger partial charge in [-0.15, -0.1) is 0 Å². The van der Waals surface area contributed by atoms with Crippen molar-refractivity contribution in [1.82, 2.24) is 15.1 Å². The van der Waals surface area contributed by atoms with E-state index in [1.807, 2.05) is 58.0 Å². The average molecular weight is 532 g/mol. The van der Waals surface area contributed by atoms with Crippen LogP contribution in [0.2, 0.25) is 0 Å². The second-order valence-electron chi connectivity index (χ2n) is 11.7. The monoisotopic (exact) mass is 531 g/mol.